The first-order valence-electron chi connectivity index (χ1n) is 14.6. The molecule has 4 rings (SSSR count). The molecule has 4 aliphatic rings. The molecule has 33 heavy (non-hydrogen) atoms. The molecule has 0 amide bonds. The average molecular weight is 459 g/mol. The van der Waals surface area contributed by atoms with Gasteiger partial charge < -0.3 is 9.84 Å². The second-order valence-corrected chi connectivity index (χ2v) is 13.4. The van der Waals surface area contributed by atoms with E-state index in [0.29, 0.717) is 29.3 Å². The molecule has 4 aliphatic carbocycles. The quantitative estimate of drug-likeness (QED) is 0.371. The monoisotopic (exact) mass is 458 g/mol. The summed E-state index contributed by atoms with van der Waals surface area (Å²) in [5.41, 5.74) is 2.32. The summed E-state index contributed by atoms with van der Waals surface area (Å²) in [6, 6.07) is 0. The topological polar surface area (TPSA) is 29.5 Å². The van der Waals surface area contributed by atoms with Crippen molar-refractivity contribution in [2.45, 2.75) is 131 Å². The van der Waals surface area contributed by atoms with Gasteiger partial charge in [0.15, 0.2) is 0 Å². The maximum absolute atomic E-state index is 11.8. The Hall–Kier alpha value is -0.340. The number of aliphatic hydroxyl groups excluding tert-OH is 1. The van der Waals surface area contributed by atoms with Crippen molar-refractivity contribution < 1.29 is 9.84 Å². The number of allylic oxidation sites excluding steroid dienone is 1. The molecule has 0 aliphatic heterocycles. The summed E-state index contributed by atoms with van der Waals surface area (Å²) in [4.78, 5) is 0. The Morgan fingerprint density at radius 3 is 2.48 bits per heavy atom. The van der Waals surface area contributed by atoms with Gasteiger partial charge in [0.2, 0.25) is 0 Å². The number of hydrogen-bond donors (Lipinski definition) is 1. The van der Waals surface area contributed by atoms with E-state index >= 15 is 0 Å². The van der Waals surface area contributed by atoms with Gasteiger partial charge in [-0.15, -0.1) is 0 Å². The molecule has 2 nitrogen and oxygen atoms in total. The Kier molecular flexibility index (Phi) is 7.49. The van der Waals surface area contributed by atoms with Crippen molar-refractivity contribution >= 4 is 0 Å². The third-order valence-corrected chi connectivity index (χ3v) is 11.7. The largest absolute Gasteiger partial charge is 0.392 e. The first kappa shape index (κ1) is 25.7. The molecule has 190 valence electrons. The first-order valence-corrected chi connectivity index (χ1v) is 14.6. The molecule has 9 atom stereocenters. The van der Waals surface area contributed by atoms with Gasteiger partial charge in [-0.05, 0) is 98.7 Å². The SMILES string of the molecule is CCO[C@H]1CC[C@@]2(C)[C@@H](CC=C3[C@@H]2CC[C@]2(C)[C@@H]([C@H](C)CCCC(C)C)CC(O)[C@@]32CC)C1. The molecule has 0 aromatic rings. The van der Waals surface area contributed by atoms with Gasteiger partial charge in [-0.2, -0.15) is 0 Å². The number of rotatable bonds is 8. The minimum Gasteiger partial charge on any atom is -0.392 e. The fourth-order valence-corrected chi connectivity index (χ4v) is 9.88. The van der Waals surface area contributed by atoms with Crippen molar-refractivity contribution in [3.8, 4) is 0 Å². The van der Waals surface area contributed by atoms with E-state index in [1.165, 1.54) is 57.8 Å². The fourth-order valence-electron chi connectivity index (χ4n) is 9.88. The summed E-state index contributed by atoms with van der Waals surface area (Å²) >= 11 is 0. The Balaban J connectivity index is 1.62. The van der Waals surface area contributed by atoms with Crippen molar-refractivity contribution in [2.75, 3.05) is 6.61 Å². The molecule has 1 unspecified atom stereocenters. The van der Waals surface area contributed by atoms with Crippen LogP contribution < -0.4 is 0 Å². The van der Waals surface area contributed by atoms with Crippen LogP contribution in [0.15, 0.2) is 11.6 Å². The Morgan fingerprint density at radius 1 is 1.06 bits per heavy atom. The Bertz CT molecular complexity index is 712. The highest BCUT2D eigenvalue weighted by Gasteiger charge is 2.68. The van der Waals surface area contributed by atoms with Gasteiger partial charge in [-0.3, -0.25) is 0 Å². The summed E-state index contributed by atoms with van der Waals surface area (Å²) in [6.45, 7) is 17.8. The molecule has 0 heterocycles. The number of aliphatic hydroxyl groups is 1. The molecule has 1 N–H and O–H groups in total. The van der Waals surface area contributed by atoms with E-state index in [9.17, 15) is 5.11 Å². The minimum absolute atomic E-state index is 0.00234. The van der Waals surface area contributed by atoms with Crippen LogP contribution in [0.4, 0.5) is 0 Å². The molecule has 0 bridgehead atoms. The highest BCUT2D eigenvalue weighted by atomic mass is 16.5. The van der Waals surface area contributed by atoms with Gasteiger partial charge in [-0.1, -0.05) is 72.5 Å². The molecule has 0 aromatic carbocycles. The van der Waals surface area contributed by atoms with Crippen LogP contribution in [-0.4, -0.2) is 23.9 Å². The molecule has 2 heteroatoms. The third-order valence-electron chi connectivity index (χ3n) is 11.7. The van der Waals surface area contributed by atoms with Gasteiger partial charge in [-0.25, -0.2) is 0 Å². The molecule has 0 aromatic heterocycles. The second-order valence-electron chi connectivity index (χ2n) is 13.4. The van der Waals surface area contributed by atoms with Crippen LogP contribution in [0.5, 0.6) is 0 Å². The minimum atomic E-state index is -0.168. The zero-order valence-electron chi connectivity index (χ0n) is 23.0. The summed E-state index contributed by atoms with van der Waals surface area (Å²) in [7, 11) is 0. The van der Waals surface area contributed by atoms with Gasteiger partial charge >= 0.3 is 0 Å². The molecular weight excluding hydrogens is 404 g/mol. The highest BCUT2D eigenvalue weighted by Crippen LogP contribution is 2.73. The predicted molar refractivity (Wildman–Crippen MR) is 139 cm³/mol. The van der Waals surface area contributed by atoms with E-state index < -0.39 is 0 Å². The van der Waals surface area contributed by atoms with E-state index in [1.54, 1.807) is 5.57 Å². The summed E-state index contributed by atoms with van der Waals surface area (Å²) < 4.78 is 6.08. The zero-order chi connectivity index (χ0) is 24.0. The van der Waals surface area contributed by atoms with Crippen molar-refractivity contribution in [3.05, 3.63) is 11.6 Å². The highest BCUT2D eigenvalue weighted by molar-refractivity contribution is 5.35. The Morgan fingerprint density at radius 2 is 1.82 bits per heavy atom. The normalized spacial score (nSPS) is 45.8. The van der Waals surface area contributed by atoms with E-state index in [0.717, 1.165) is 31.3 Å². The van der Waals surface area contributed by atoms with Crippen LogP contribution in [0.3, 0.4) is 0 Å². The van der Waals surface area contributed by atoms with Gasteiger partial charge in [0.05, 0.1) is 12.2 Å². The third kappa shape index (κ3) is 3.98. The first-order chi connectivity index (χ1) is 15.6. The van der Waals surface area contributed by atoms with Crippen LogP contribution in [0, 0.1) is 45.8 Å². The average Bonchev–Trinajstić information content (AvgIpc) is 3.01. The lowest BCUT2D eigenvalue weighted by Crippen LogP contribution is -2.56. The van der Waals surface area contributed by atoms with Crippen molar-refractivity contribution in [1.29, 1.82) is 0 Å². The number of fused-ring (bicyclic) bond motifs is 5. The molecule has 3 saturated carbocycles. The van der Waals surface area contributed by atoms with Crippen LogP contribution in [-0.2, 0) is 4.74 Å². The fraction of sp³-hybridized carbons (Fsp3) is 0.935. The molecule has 0 spiro atoms. The van der Waals surface area contributed by atoms with E-state index in [2.05, 4.69) is 54.5 Å². The lowest BCUT2D eigenvalue weighted by molar-refractivity contribution is -0.0980. The van der Waals surface area contributed by atoms with Crippen molar-refractivity contribution in [3.63, 3.8) is 0 Å². The molecule has 0 saturated heterocycles. The van der Waals surface area contributed by atoms with Gasteiger partial charge in [0.1, 0.15) is 0 Å². The Labute approximate surface area is 205 Å². The molecular formula is C31H54O2. The van der Waals surface area contributed by atoms with Crippen molar-refractivity contribution in [1.82, 2.24) is 0 Å². The predicted octanol–water partition coefficient (Wildman–Crippen LogP) is 8.18. The van der Waals surface area contributed by atoms with Crippen LogP contribution in [0.25, 0.3) is 0 Å². The van der Waals surface area contributed by atoms with Crippen LogP contribution >= 0.6 is 0 Å². The van der Waals surface area contributed by atoms with Gasteiger partial charge in [0, 0.05) is 12.0 Å². The van der Waals surface area contributed by atoms with Gasteiger partial charge in [0.25, 0.3) is 0 Å². The van der Waals surface area contributed by atoms with E-state index in [1.807, 2.05) is 0 Å². The number of hydrogen-bond acceptors (Lipinski definition) is 2. The second kappa shape index (κ2) is 9.61. The van der Waals surface area contributed by atoms with Crippen molar-refractivity contribution in [2.24, 2.45) is 45.8 Å². The lowest BCUT2D eigenvalue weighted by atomic mass is 9.42. The van der Waals surface area contributed by atoms with Crippen LogP contribution in [0.1, 0.15) is 119 Å². The maximum atomic E-state index is 11.8. The van der Waals surface area contributed by atoms with Crippen LogP contribution in [0.2, 0.25) is 0 Å². The maximum Gasteiger partial charge on any atom is 0.0641 e. The van der Waals surface area contributed by atoms with E-state index in [-0.39, 0.29) is 16.9 Å². The number of ether oxygens (including phenoxy) is 1. The summed E-state index contributed by atoms with van der Waals surface area (Å²) in [5, 5.41) is 11.8. The lowest BCUT2D eigenvalue weighted by Gasteiger charge is -2.62. The summed E-state index contributed by atoms with van der Waals surface area (Å²) in [5.74, 6) is 3.57. The van der Waals surface area contributed by atoms with E-state index in [4.69, 9.17) is 4.74 Å². The standard InChI is InChI=1S/C31H54O2/c1-8-31-26-14-13-23-19-24(33-9-2)15-17-29(23,6)25(26)16-18-30(31,7)27(20-28(31)32)22(5)12-10-11-21(3)4/h14,21-25,27-28,32H,8-13,15-20H2,1-7H3/t22-,23+,24+,25+,27-,28?,29+,30-,31-/m1/s1. The summed E-state index contributed by atoms with van der Waals surface area (Å²) in [6.07, 6.45) is 16.7. The zero-order valence-corrected chi connectivity index (χ0v) is 23.0. The molecule has 3 fully saturated rings. The molecule has 0 radical (unpaired) electrons. The smallest absolute Gasteiger partial charge is 0.0641 e.